The van der Waals surface area contributed by atoms with E-state index in [1.54, 1.807) is 0 Å². The highest BCUT2D eigenvalue weighted by molar-refractivity contribution is 5.76. The fourth-order valence-corrected chi connectivity index (χ4v) is 3.06. The van der Waals surface area contributed by atoms with Gasteiger partial charge in [0.15, 0.2) is 0 Å². The Balaban J connectivity index is 1.68. The van der Waals surface area contributed by atoms with Crippen molar-refractivity contribution in [2.75, 3.05) is 6.54 Å². The standard InChI is InChI=1S/C19H29NO/c1-15(2)18-11-8-16(9-12-18)10-13-19(21)20-14-17-6-4-3-5-7-17/h8-9,11-12,15,17H,3-7,10,13-14H2,1-2H3,(H,20,21). The number of hydrogen-bond acceptors (Lipinski definition) is 1. The van der Waals surface area contributed by atoms with Crippen molar-refractivity contribution >= 4 is 5.91 Å². The molecule has 1 fully saturated rings. The zero-order valence-electron chi connectivity index (χ0n) is 13.5. The van der Waals surface area contributed by atoms with E-state index in [-0.39, 0.29) is 5.91 Å². The van der Waals surface area contributed by atoms with Crippen LogP contribution >= 0.6 is 0 Å². The lowest BCUT2D eigenvalue weighted by molar-refractivity contribution is -0.121. The van der Waals surface area contributed by atoms with Gasteiger partial charge in [-0.3, -0.25) is 4.79 Å². The van der Waals surface area contributed by atoms with Crippen LogP contribution in [-0.2, 0) is 11.2 Å². The molecule has 116 valence electrons. The monoisotopic (exact) mass is 287 g/mol. The molecule has 21 heavy (non-hydrogen) atoms. The minimum Gasteiger partial charge on any atom is -0.356 e. The molecule has 2 heteroatoms. The summed E-state index contributed by atoms with van der Waals surface area (Å²) in [6.07, 6.45) is 8.07. The number of amides is 1. The van der Waals surface area contributed by atoms with E-state index in [1.165, 1.54) is 43.2 Å². The highest BCUT2D eigenvalue weighted by atomic mass is 16.1. The molecule has 0 heterocycles. The molecule has 1 amide bonds. The minimum atomic E-state index is 0.202. The largest absolute Gasteiger partial charge is 0.356 e. The van der Waals surface area contributed by atoms with E-state index < -0.39 is 0 Å². The maximum atomic E-state index is 11.9. The van der Waals surface area contributed by atoms with E-state index in [0.29, 0.717) is 18.3 Å². The van der Waals surface area contributed by atoms with Crippen molar-refractivity contribution < 1.29 is 4.79 Å². The number of rotatable bonds is 6. The second-order valence-electron chi connectivity index (χ2n) is 6.70. The quantitative estimate of drug-likeness (QED) is 0.823. The molecule has 0 bridgehead atoms. The molecule has 2 rings (SSSR count). The summed E-state index contributed by atoms with van der Waals surface area (Å²) in [7, 11) is 0. The van der Waals surface area contributed by atoms with Gasteiger partial charge in [0.05, 0.1) is 0 Å². The fourth-order valence-electron chi connectivity index (χ4n) is 3.06. The number of carbonyl (C=O) groups excluding carboxylic acids is 1. The van der Waals surface area contributed by atoms with Crippen LogP contribution in [0.25, 0.3) is 0 Å². The van der Waals surface area contributed by atoms with E-state index >= 15 is 0 Å². The van der Waals surface area contributed by atoms with Gasteiger partial charge in [0.2, 0.25) is 5.91 Å². The third-order valence-corrected chi connectivity index (χ3v) is 4.60. The third-order valence-electron chi connectivity index (χ3n) is 4.60. The Morgan fingerprint density at radius 3 is 2.43 bits per heavy atom. The maximum Gasteiger partial charge on any atom is 0.220 e. The Labute approximate surface area is 129 Å². The molecular formula is C19H29NO. The molecule has 0 atom stereocenters. The zero-order valence-corrected chi connectivity index (χ0v) is 13.5. The molecule has 1 aliphatic rings. The van der Waals surface area contributed by atoms with Gasteiger partial charge in [0.25, 0.3) is 0 Å². The van der Waals surface area contributed by atoms with Crippen LogP contribution in [0.15, 0.2) is 24.3 Å². The van der Waals surface area contributed by atoms with Gasteiger partial charge in [0.1, 0.15) is 0 Å². The summed E-state index contributed by atoms with van der Waals surface area (Å²) < 4.78 is 0. The third kappa shape index (κ3) is 5.53. The van der Waals surface area contributed by atoms with Gasteiger partial charge in [0, 0.05) is 13.0 Å². The molecule has 1 N–H and O–H groups in total. The molecule has 0 aliphatic heterocycles. The highest BCUT2D eigenvalue weighted by Gasteiger charge is 2.14. The van der Waals surface area contributed by atoms with Crippen LogP contribution in [0.5, 0.6) is 0 Å². The van der Waals surface area contributed by atoms with E-state index in [2.05, 4.69) is 43.4 Å². The van der Waals surface area contributed by atoms with Crippen LogP contribution in [0.2, 0.25) is 0 Å². The summed E-state index contributed by atoms with van der Waals surface area (Å²) in [6.45, 7) is 5.28. The predicted molar refractivity (Wildman–Crippen MR) is 88.4 cm³/mol. The first-order valence-corrected chi connectivity index (χ1v) is 8.50. The van der Waals surface area contributed by atoms with Gasteiger partial charge in [-0.05, 0) is 42.2 Å². The van der Waals surface area contributed by atoms with Crippen molar-refractivity contribution in [3.05, 3.63) is 35.4 Å². The first kappa shape index (κ1) is 16.1. The SMILES string of the molecule is CC(C)c1ccc(CCC(=O)NCC2CCCCC2)cc1. The molecule has 0 aromatic heterocycles. The Bertz CT molecular complexity index is 429. The molecule has 0 saturated heterocycles. The van der Waals surface area contributed by atoms with E-state index in [4.69, 9.17) is 0 Å². The minimum absolute atomic E-state index is 0.202. The van der Waals surface area contributed by atoms with Crippen LogP contribution in [0, 0.1) is 5.92 Å². The summed E-state index contributed by atoms with van der Waals surface area (Å²) in [4.78, 5) is 11.9. The summed E-state index contributed by atoms with van der Waals surface area (Å²) in [6, 6.07) is 8.67. The van der Waals surface area contributed by atoms with Crippen LogP contribution in [0.4, 0.5) is 0 Å². The molecule has 1 aromatic carbocycles. The Morgan fingerprint density at radius 2 is 1.81 bits per heavy atom. The fraction of sp³-hybridized carbons (Fsp3) is 0.632. The average molecular weight is 287 g/mol. The van der Waals surface area contributed by atoms with Crippen molar-refractivity contribution in [3.8, 4) is 0 Å². The topological polar surface area (TPSA) is 29.1 Å². The van der Waals surface area contributed by atoms with Crippen molar-refractivity contribution in [2.24, 2.45) is 5.92 Å². The van der Waals surface area contributed by atoms with Crippen LogP contribution < -0.4 is 5.32 Å². The highest BCUT2D eigenvalue weighted by Crippen LogP contribution is 2.22. The van der Waals surface area contributed by atoms with E-state index in [9.17, 15) is 4.79 Å². The van der Waals surface area contributed by atoms with Gasteiger partial charge in [-0.15, -0.1) is 0 Å². The molecule has 0 radical (unpaired) electrons. The molecule has 1 aliphatic carbocycles. The number of nitrogens with one attached hydrogen (secondary N) is 1. The number of benzene rings is 1. The van der Waals surface area contributed by atoms with E-state index in [0.717, 1.165) is 13.0 Å². The first-order valence-electron chi connectivity index (χ1n) is 8.50. The Morgan fingerprint density at radius 1 is 1.14 bits per heavy atom. The average Bonchev–Trinajstić information content (AvgIpc) is 2.52. The summed E-state index contributed by atoms with van der Waals surface area (Å²) >= 11 is 0. The van der Waals surface area contributed by atoms with Gasteiger partial charge in [-0.2, -0.15) is 0 Å². The molecule has 1 saturated carbocycles. The molecule has 0 unspecified atom stereocenters. The summed E-state index contributed by atoms with van der Waals surface area (Å²) in [5, 5.41) is 3.11. The Kier molecular flexibility index (Phi) is 6.28. The second-order valence-corrected chi connectivity index (χ2v) is 6.70. The smallest absolute Gasteiger partial charge is 0.220 e. The summed E-state index contributed by atoms with van der Waals surface area (Å²) in [5.41, 5.74) is 2.62. The van der Waals surface area contributed by atoms with Gasteiger partial charge in [-0.1, -0.05) is 57.4 Å². The van der Waals surface area contributed by atoms with Gasteiger partial charge in [-0.25, -0.2) is 0 Å². The normalized spacial score (nSPS) is 16.1. The van der Waals surface area contributed by atoms with Crippen molar-refractivity contribution in [1.29, 1.82) is 0 Å². The lowest BCUT2D eigenvalue weighted by Crippen LogP contribution is -2.30. The van der Waals surface area contributed by atoms with Crippen molar-refractivity contribution in [1.82, 2.24) is 5.32 Å². The lowest BCUT2D eigenvalue weighted by Gasteiger charge is -2.21. The number of aryl methyl sites for hydroxylation is 1. The molecule has 2 nitrogen and oxygen atoms in total. The molecule has 0 spiro atoms. The van der Waals surface area contributed by atoms with Crippen LogP contribution in [0.3, 0.4) is 0 Å². The zero-order chi connectivity index (χ0) is 15.1. The van der Waals surface area contributed by atoms with Crippen molar-refractivity contribution in [3.63, 3.8) is 0 Å². The molecular weight excluding hydrogens is 258 g/mol. The number of carbonyl (C=O) groups is 1. The second kappa shape index (κ2) is 8.21. The first-order chi connectivity index (χ1) is 10.1. The van der Waals surface area contributed by atoms with E-state index in [1.807, 2.05) is 0 Å². The van der Waals surface area contributed by atoms with Gasteiger partial charge >= 0.3 is 0 Å². The number of hydrogen-bond donors (Lipinski definition) is 1. The Hall–Kier alpha value is -1.31. The van der Waals surface area contributed by atoms with Crippen molar-refractivity contribution in [2.45, 2.75) is 64.7 Å². The predicted octanol–water partition coefficient (Wildman–Crippen LogP) is 4.44. The van der Waals surface area contributed by atoms with Crippen LogP contribution in [0.1, 0.15) is 69.4 Å². The van der Waals surface area contributed by atoms with Crippen LogP contribution in [-0.4, -0.2) is 12.5 Å². The maximum absolute atomic E-state index is 11.9. The molecule has 1 aromatic rings. The van der Waals surface area contributed by atoms with Gasteiger partial charge < -0.3 is 5.32 Å². The summed E-state index contributed by atoms with van der Waals surface area (Å²) in [5.74, 6) is 1.49. The lowest BCUT2D eigenvalue weighted by atomic mass is 9.89.